The van der Waals surface area contributed by atoms with E-state index in [1.54, 1.807) is 7.11 Å². The van der Waals surface area contributed by atoms with E-state index in [1.165, 1.54) is 11.3 Å². The van der Waals surface area contributed by atoms with Crippen LogP contribution in [0.2, 0.25) is 0 Å². The van der Waals surface area contributed by atoms with Crippen LogP contribution in [0.5, 0.6) is 0 Å². The van der Waals surface area contributed by atoms with Crippen molar-refractivity contribution < 1.29 is 19.5 Å². The van der Waals surface area contributed by atoms with Gasteiger partial charge in [0.15, 0.2) is 0 Å². The summed E-state index contributed by atoms with van der Waals surface area (Å²) in [6.45, 7) is 3.84. The molecule has 7 heteroatoms. The first-order valence-corrected chi connectivity index (χ1v) is 8.76. The SMILES string of the molecule is COC(C1=NOC(Cc2ccccc2)(C(=O)O)C1)c1sc(C)nc1C. The van der Waals surface area contributed by atoms with Crippen molar-refractivity contribution in [3.05, 3.63) is 51.5 Å². The lowest BCUT2D eigenvalue weighted by Crippen LogP contribution is -2.41. The lowest BCUT2D eigenvalue weighted by molar-refractivity contribution is -0.162. The first kappa shape index (κ1) is 17.6. The zero-order valence-electron chi connectivity index (χ0n) is 14.4. The molecule has 0 fully saturated rings. The van der Waals surface area contributed by atoms with E-state index in [0.717, 1.165) is 21.1 Å². The first-order chi connectivity index (χ1) is 11.9. The number of carboxylic acids is 1. The van der Waals surface area contributed by atoms with Crippen LogP contribution in [0.4, 0.5) is 0 Å². The van der Waals surface area contributed by atoms with Gasteiger partial charge in [0.25, 0.3) is 0 Å². The van der Waals surface area contributed by atoms with Crippen molar-refractivity contribution in [3.63, 3.8) is 0 Å². The van der Waals surface area contributed by atoms with Gasteiger partial charge in [-0.2, -0.15) is 0 Å². The topological polar surface area (TPSA) is 81.0 Å². The number of nitrogens with zero attached hydrogens (tertiary/aromatic N) is 2. The van der Waals surface area contributed by atoms with Crippen molar-refractivity contribution in [2.75, 3.05) is 7.11 Å². The van der Waals surface area contributed by atoms with Crippen LogP contribution in [0.1, 0.15) is 33.7 Å². The minimum atomic E-state index is -1.40. The molecule has 1 aliphatic heterocycles. The number of aromatic nitrogens is 1. The van der Waals surface area contributed by atoms with E-state index in [1.807, 2.05) is 44.2 Å². The van der Waals surface area contributed by atoms with Crippen molar-refractivity contribution in [2.45, 2.75) is 38.4 Å². The number of ether oxygens (including phenoxy) is 1. The van der Waals surface area contributed by atoms with Gasteiger partial charge in [-0.15, -0.1) is 11.3 Å². The molecule has 132 valence electrons. The van der Waals surface area contributed by atoms with Crippen molar-refractivity contribution >= 4 is 23.0 Å². The molecule has 1 aromatic heterocycles. The Kier molecular flexibility index (Phi) is 4.87. The molecule has 1 aliphatic rings. The van der Waals surface area contributed by atoms with E-state index >= 15 is 0 Å². The van der Waals surface area contributed by atoms with E-state index in [-0.39, 0.29) is 12.8 Å². The Labute approximate surface area is 150 Å². The molecule has 0 amide bonds. The molecule has 0 bridgehead atoms. The summed E-state index contributed by atoms with van der Waals surface area (Å²) in [6, 6.07) is 9.42. The number of aliphatic carboxylic acids is 1. The molecular formula is C18H20N2O4S. The maximum Gasteiger partial charge on any atom is 0.351 e. The average molecular weight is 360 g/mol. The van der Waals surface area contributed by atoms with Crippen molar-refractivity contribution in [1.29, 1.82) is 0 Å². The molecule has 0 radical (unpaired) electrons. The van der Waals surface area contributed by atoms with E-state index < -0.39 is 17.7 Å². The van der Waals surface area contributed by atoms with E-state index in [9.17, 15) is 9.90 Å². The van der Waals surface area contributed by atoms with Gasteiger partial charge in [-0.1, -0.05) is 35.5 Å². The number of carboxylic acid groups (broad SMARTS) is 1. The number of hydrogen-bond donors (Lipinski definition) is 1. The van der Waals surface area contributed by atoms with Crippen LogP contribution >= 0.6 is 11.3 Å². The molecule has 6 nitrogen and oxygen atoms in total. The highest BCUT2D eigenvalue weighted by Gasteiger charge is 2.49. The lowest BCUT2D eigenvalue weighted by atomic mass is 9.88. The standard InChI is InChI=1S/C18H20N2O4S/c1-11-16(25-12(2)19-11)15(23-3)14-10-18(17(21)22,24-20-14)9-13-7-5-4-6-8-13/h4-8,15H,9-10H2,1-3H3,(H,21,22). The van der Waals surface area contributed by atoms with Gasteiger partial charge in [0, 0.05) is 20.0 Å². The molecule has 2 atom stereocenters. The molecule has 25 heavy (non-hydrogen) atoms. The molecule has 3 rings (SSSR count). The minimum Gasteiger partial charge on any atom is -0.478 e. The highest BCUT2D eigenvalue weighted by molar-refractivity contribution is 7.11. The molecular weight excluding hydrogens is 340 g/mol. The van der Waals surface area contributed by atoms with E-state index in [0.29, 0.717) is 5.71 Å². The van der Waals surface area contributed by atoms with Gasteiger partial charge in [0.05, 0.1) is 21.3 Å². The minimum absolute atomic E-state index is 0.173. The zero-order chi connectivity index (χ0) is 18.0. The van der Waals surface area contributed by atoms with Crippen molar-refractivity contribution in [3.8, 4) is 0 Å². The smallest absolute Gasteiger partial charge is 0.351 e. The summed E-state index contributed by atoms with van der Waals surface area (Å²) in [7, 11) is 1.58. The van der Waals surface area contributed by atoms with Gasteiger partial charge < -0.3 is 14.7 Å². The molecule has 0 saturated carbocycles. The molecule has 0 aliphatic carbocycles. The number of benzene rings is 1. The molecule has 2 heterocycles. The third-order valence-corrected chi connectivity index (χ3v) is 5.36. The lowest BCUT2D eigenvalue weighted by Gasteiger charge is -2.22. The number of hydrogen-bond acceptors (Lipinski definition) is 6. The Morgan fingerprint density at radius 3 is 2.68 bits per heavy atom. The second-order valence-electron chi connectivity index (χ2n) is 6.11. The number of carbonyl (C=O) groups is 1. The summed E-state index contributed by atoms with van der Waals surface area (Å²) in [5.74, 6) is -1.03. The monoisotopic (exact) mass is 360 g/mol. The zero-order valence-corrected chi connectivity index (χ0v) is 15.2. The quantitative estimate of drug-likeness (QED) is 0.855. The first-order valence-electron chi connectivity index (χ1n) is 7.94. The number of thiazole rings is 1. The Morgan fingerprint density at radius 2 is 2.12 bits per heavy atom. The number of oxime groups is 1. The summed E-state index contributed by atoms with van der Waals surface area (Å²) in [4.78, 5) is 22.8. The molecule has 2 unspecified atom stereocenters. The second-order valence-corrected chi connectivity index (χ2v) is 7.35. The highest BCUT2D eigenvalue weighted by atomic mass is 32.1. The summed E-state index contributed by atoms with van der Waals surface area (Å²) in [5.41, 5.74) is 0.932. The van der Waals surface area contributed by atoms with Crippen molar-refractivity contribution in [1.82, 2.24) is 4.98 Å². The largest absolute Gasteiger partial charge is 0.478 e. The molecule has 0 spiro atoms. The summed E-state index contributed by atoms with van der Waals surface area (Å²) in [5, 5.41) is 14.8. The number of aryl methyl sites for hydroxylation is 2. The normalized spacial score (nSPS) is 20.8. The summed E-state index contributed by atoms with van der Waals surface area (Å²) >= 11 is 1.53. The average Bonchev–Trinajstić information content (AvgIpc) is 3.14. The summed E-state index contributed by atoms with van der Waals surface area (Å²) < 4.78 is 5.60. The van der Waals surface area contributed by atoms with Crippen LogP contribution in [-0.2, 0) is 20.8 Å². The van der Waals surface area contributed by atoms with Gasteiger partial charge in [-0.25, -0.2) is 9.78 Å². The Morgan fingerprint density at radius 1 is 1.40 bits per heavy atom. The van der Waals surface area contributed by atoms with Gasteiger partial charge in [0.1, 0.15) is 6.10 Å². The van der Waals surface area contributed by atoms with Crippen LogP contribution in [0.25, 0.3) is 0 Å². The fourth-order valence-electron chi connectivity index (χ4n) is 3.04. The summed E-state index contributed by atoms with van der Waals surface area (Å²) in [6.07, 6.45) is -0.0254. The fourth-order valence-corrected chi connectivity index (χ4v) is 4.07. The highest BCUT2D eigenvalue weighted by Crippen LogP contribution is 2.37. The van der Waals surface area contributed by atoms with Gasteiger partial charge in [0.2, 0.25) is 5.60 Å². The number of methoxy groups -OCH3 is 1. The molecule has 2 aromatic rings. The predicted molar refractivity (Wildman–Crippen MR) is 95.0 cm³/mol. The Hall–Kier alpha value is -2.25. The molecule has 1 N–H and O–H groups in total. The van der Waals surface area contributed by atoms with E-state index in [2.05, 4.69) is 10.1 Å². The maximum atomic E-state index is 11.9. The predicted octanol–water partition coefficient (Wildman–Crippen LogP) is 3.29. The fraction of sp³-hybridized carbons (Fsp3) is 0.389. The Balaban J connectivity index is 1.85. The van der Waals surface area contributed by atoms with Crippen molar-refractivity contribution in [2.24, 2.45) is 5.16 Å². The van der Waals surface area contributed by atoms with Gasteiger partial charge in [-0.3, -0.25) is 0 Å². The number of rotatable bonds is 6. The second kappa shape index (κ2) is 6.93. The molecule has 1 aromatic carbocycles. The van der Waals surface area contributed by atoms with E-state index in [4.69, 9.17) is 9.57 Å². The Bertz CT molecular complexity index is 803. The van der Waals surface area contributed by atoms with Crippen LogP contribution in [0.15, 0.2) is 35.5 Å². The van der Waals surface area contributed by atoms with Gasteiger partial charge >= 0.3 is 5.97 Å². The maximum absolute atomic E-state index is 11.9. The van der Waals surface area contributed by atoms with Crippen LogP contribution in [0.3, 0.4) is 0 Å². The van der Waals surface area contributed by atoms with Crippen LogP contribution < -0.4 is 0 Å². The molecule has 0 saturated heterocycles. The van der Waals surface area contributed by atoms with Crippen LogP contribution in [0, 0.1) is 13.8 Å². The third-order valence-electron chi connectivity index (χ3n) is 4.24. The van der Waals surface area contributed by atoms with Crippen LogP contribution in [-0.4, -0.2) is 34.5 Å². The third kappa shape index (κ3) is 3.43. The van der Waals surface area contributed by atoms with Gasteiger partial charge in [-0.05, 0) is 19.4 Å².